The van der Waals surface area contributed by atoms with E-state index in [1.807, 2.05) is 24.3 Å². The second kappa shape index (κ2) is 4.97. The lowest BCUT2D eigenvalue weighted by molar-refractivity contribution is 0.432. The molecule has 5 nitrogen and oxygen atoms in total. The Morgan fingerprint density at radius 1 is 0.900 bits per heavy atom. The van der Waals surface area contributed by atoms with E-state index >= 15 is 0 Å². The molecule has 0 unspecified atom stereocenters. The minimum absolute atomic E-state index is 0.391. The monoisotopic (exact) mass is 330 g/mol. The number of nitrogens with zero attached hydrogens (tertiary/aromatic N) is 2. The van der Waals surface area contributed by atoms with Crippen molar-refractivity contribution in [3.8, 4) is 22.8 Å². The second-order valence-corrected chi connectivity index (χ2v) is 5.23. The molecule has 0 bridgehead atoms. The molecule has 0 fully saturated rings. The smallest absolute Gasteiger partial charge is 0.258 e. The Labute approximate surface area is 123 Å². The molecule has 0 aliphatic heterocycles. The van der Waals surface area contributed by atoms with Crippen molar-refractivity contribution in [2.24, 2.45) is 0 Å². The van der Waals surface area contributed by atoms with Crippen LogP contribution in [0, 0.1) is 0 Å². The van der Waals surface area contributed by atoms with Crippen LogP contribution in [0.1, 0.15) is 0 Å². The van der Waals surface area contributed by atoms with Crippen LogP contribution in [0.25, 0.3) is 22.8 Å². The third kappa shape index (κ3) is 2.50. The van der Waals surface area contributed by atoms with Crippen molar-refractivity contribution in [1.82, 2.24) is 10.1 Å². The molecule has 0 radical (unpaired) electrons. The van der Waals surface area contributed by atoms with Crippen LogP contribution in [0.4, 0.5) is 11.4 Å². The quantitative estimate of drug-likeness (QED) is 0.703. The Morgan fingerprint density at radius 2 is 1.55 bits per heavy atom. The largest absolute Gasteiger partial charge is 0.399 e. The summed E-state index contributed by atoms with van der Waals surface area (Å²) in [6.07, 6.45) is 0. The maximum absolute atomic E-state index is 5.76. The highest BCUT2D eigenvalue weighted by Gasteiger charge is 2.11. The molecule has 4 N–H and O–H groups in total. The standard InChI is InChI=1S/C14H11BrN4O/c15-10-3-1-8(2-4-10)13-18-14(20-19-13)9-5-11(16)7-12(17)6-9/h1-7H,16-17H2. The lowest BCUT2D eigenvalue weighted by atomic mass is 10.1. The number of halogens is 1. The van der Waals surface area contributed by atoms with E-state index < -0.39 is 0 Å². The van der Waals surface area contributed by atoms with Gasteiger partial charge in [-0.1, -0.05) is 21.1 Å². The lowest BCUT2D eigenvalue weighted by Gasteiger charge is -1.99. The number of nitrogen functional groups attached to an aromatic ring is 2. The summed E-state index contributed by atoms with van der Waals surface area (Å²) in [4.78, 5) is 4.36. The Kier molecular flexibility index (Phi) is 3.15. The summed E-state index contributed by atoms with van der Waals surface area (Å²) in [5, 5.41) is 3.97. The number of hydrogen-bond donors (Lipinski definition) is 2. The van der Waals surface area contributed by atoms with Crippen LogP contribution in [0.3, 0.4) is 0 Å². The summed E-state index contributed by atoms with van der Waals surface area (Å²) in [7, 11) is 0. The van der Waals surface area contributed by atoms with Gasteiger partial charge in [-0.05, 0) is 42.5 Å². The fourth-order valence-corrected chi connectivity index (χ4v) is 2.12. The van der Waals surface area contributed by atoms with Gasteiger partial charge in [-0.2, -0.15) is 4.98 Å². The van der Waals surface area contributed by atoms with E-state index in [1.165, 1.54) is 0 Å². The van der Waals surface area contributed by atoms with Crippen molar-refractivity contribution in [3.63, 3.8) is 0 Å². The van der Waals surface area contributed by atoms with E-state index in [1.54, 1.807) is 18.2 Å². The lowest BCUT2D eigenvalue weighted by Crippen LogP contribution is -1.91. The van der Waals surface area contributed by atoms with Gasteiger partial charge in [0.2, 0.25) is 5.82 Å². The Bertz CT molecular complexity index is 732. The highest BCUT2D eigenvalue weighted by atomic mass is 79.9. The van der Waals surface area contributed by atoms with Gasteiger partial charge in [-0.15, -0.1) is 0 Å². The Hall–Kier alpha value is -2.34. The molecule has 100 valence electrons. The van der Waals surface area contributed by atoms with Crippen LogP contribution < -0.4 is 11.5 Å². The highest BCUT2D eigenvalue weighted by molar-refractivity contribution is 9.10. The maximum atomic E-state index is 5.76. The normalized spacial score (nSPS) is 10.7. The summed E-state index contributed by atoms with van der Waals surface area (Å²) in [6.45, 7) is 0. The van der Waals surface area contributed by atoms with Gasteiger partial charge in [0.05, 0.1) is 0 Å². The minimum Gasteiger partial charge on any atom is -0.399 e. The van der Waals surface area contributed by atoms with Crippen molar-refractivity contribution < 1.29 is 4.52 Å². The SMILES string of the molecule is Nc1cc(N)cc(-c2nc(-c3ccc(Br)cc3)no2)c1. The van der Waals surface area contributed by atoms with Gasteiger partial charge >= 0.3 is 0 Å². The van der Waals surface area contributed by atoms with Crippen molar-refractivity contribution in [2.75, 3.05) is 11.5 Å². The summed E-state index contributed by atoms with van der Waals surface area (Å²) in [5.41, 5.74) is 14.2. The molecule has 0 aliphatic carbocycles. The fraction of sp³-hybridized carbons (Fsp3) is 0. The van der Waals surface area contributed by atoms with Gasteiger partial charge in [0.1, 0.15) is 0 Å². The van der Waals surface area contributed by atoms with Crippen molar-refractivity contribution >= 4 is 27.3 Å². The first-order valence-corrected chi connectivity index (χ1v) is 6.67. The molecule has 0 saturated heterocycles. The van der Waals surface area contributed by atoms with Crippen LogP contribution >= 0.6 is 15.9 Å². The first kappa shape index (κ1) is 12.7. The number of anilines is 2. The van der Waals surface area contributed by atoms with E-state index in [4.69, 9.17) is 16.0 Å². The predicted molar refractivity (Wildman–Crippen MR) is 81.7 cm³/mol. The van der Waals surface area contributed by atoms with E-state index in [-0.39, 0.29) is 0 Å². The summed E-state index contributed by atoms with van der Waals surface area (Å²) >= 11 is 3.38. The van der Waals surface area contributed by atoms with E-state index in [0.29, 0.717) is 28.7 Å². The van der Waals surface area contributed by atoms with Gasteiger partial charge in [-0.3, -0.25) is 0 Å². The summed E-state index contributed by atoms with van der Waals surface area (Å²) < 4.78 is 6.26. The zero-order valence-corrected chi connectivity index (χ0v) is 12.0. The Morgan fingerprint density at radius 3 is 2.20 bits per heavy atom. The van der Waals surface area contributed by atoms with Crippen LogP contribution in [0.5, 0.6) is 0 Å². The zero-order valence-electron chi connectivity index (χ0n) is 10.4. The number of hydrogen-bond acceptors (Lipinski definition) is 5. The van der Waals surface area contributed by atoms with Gasteiger partial charge in [0.15, 0.2) is 0 Å². The highest BCUT2D eigenvalue weighted by Crippen LogP contribution is 2.26. The minimum atomic E-state index is 0.391. The zero-order chi connectivity index (χ0) is 14.1. The molecule has 3 aromatic rings. The van der Waals surface area contributed by atoms with Gasteiger partial charge in [0.25, 0.3) is 5.89 Å². The third-order valence-corrected chi connectivity index (χ3v) is 3.28. The second-order valence-electron chi connectivity index (χ2n) is 4.32. The molecule has 20 heavy (non-hydrogen) atoms. The van der Waals surface area contributed by atoms with Crippen LogP contribution in [0.15, 0.2) is 51.5 Å². The first-order chi connectivity index (χ1) is 9.61. The van der Waals surface area contributed by atoms with Crippen LogP contribution in [0.2, 0.25) is 0 Å². The van der Waals surface area contributed by atoms with Crippen molar-refractivity contribution in [2.45, 2.75) is 0 Å². The van der Waals surface area contributed by atoms with Crippen molar-refractivity contribution in [1.29, 1.82) is 0 Å². The van der Waals surface area contributed by atoms with Gasteiger partial charge in [-0.25, -0.2) is 0 Å². The number of aromatic nitrogens is 2. The average molecular weight is 331 g/mol. The molecule has 2 aromatic carbocycles. The number of benzene rings is 2. The van der Waals surface area contributed by atoms with Crippen LogP contribution in [-0.4, -0.2) is 10.1 Å². The van der Waals surface area contributed by atoms with Gasteiger partial charge in [0, 0.05) is 27.0 Å². The molecule has 1 heterocycles. The molecule has 0 saturated carbocycles. The molecule has 0 aliphatic rings. The molecule has 1 aromatic heterocycles. The maximum Gasteiger partial charge on any atom is 0.258 e. The molecular formula is C14H11BrN4O. The molecule has 0 spiro atoms. The molecule has 3 rings (SSSR count). The molecule has 0 atom stereocenters. The topological polar surface area (TPSA) is 91.0 Å². The van der Waals surface area contributed by atoms with E-state index in [9.17, 15) is 0 Å². The molecule has 6 heteroatoms. The number of rotatable bonds is 2. The first-order valence-electron chi connectivity index (χ1n) is 5.88. The van der Waals surface area contributed by atoms with Crippen LogP contribution in [-0.2, 0) is 0 Å². The van der Waals surface area contributed by atoms with E-state index in [2.05, 4.69) is 26.1 Å². The fourth-order valence-electron chi connectivity index (χ4n) is 1.86. The third-order valence-electron chi connectivity index (χ3n) is 2.75. The van der Waals surface area contributed by atoms with Crippen molar-refractivity contribution in [3.05, 3.63) is 46.9 Å². The van der Waals surface area contributed by atoms with E-state index in [0.717, 1.165) is 10.0 Å². The molecular weight excluding hydrogens is 320 g/mol. The summed E-state index contributed by atoms with van der Waals surface area (Å²) in [5.74, 6) is 0.912. The Balaban J connectivity index is 1.99. The average Bonchev–Trinajstić information content (AvgIpc) is 2.88. The molecule has 0 amide bonds. The summed E-state index contributed by atoms with van der Waals surface area (Å²) in [6, 6.07) is 12.8. The predicted octanol–water partition coefficient (Wildman–Crippen LogP) is 3.33. The number of nitrogens with two attached hydrogens (primary N) is 2. The van der Waals surface area contributed by atoms with Gasteiger partial charge < -0.3 is 16.0 Å².